The third-order valence-electron chi connectivity index (χ3n) is 2.79. The Morgan fingerprint density at radius 2 is 1.92 bits per heavy atom. The normalized spacial score (nSPS) is 18.7. The first-order chi connectivity index (χ1) is 5.56. The van der Waals surface area contributed by atoms with Gasteiger partial charge in [-0.05, 0) is 40.7 Å². The van der Waals surface area contributed by atoms with Gasteiger partial charge < -0.3 is 5.32 Å². The second-order valence-electron chi connectivity index (χ2n) is 4.08. The lowest BCUT2D eigenvalue weighted by Crippen LogP contribution is -2.38. The van der Waals surface area contributed by atoms with Crippen molar-refractivity contribution in [2.45, 2.75) is 39.2 Å². The van der Waals surface area contributed by atoms with Gasteiger partial charge in [0.25, 0.3) is 0 Å². The molecule has 1 aliphatic rings. The molecule has 0 aromatic rings. The molecule has 1 rings (SSSR count). The fraction of sp³-hybridized carbons (Fsp3) is 0.636. The number of allylic oxidation sites excluding steroid dienone is 3. The maximum absolute atomic E-state index is 3.33. The predicted octanol–water partition coefficient (Wildman–Crippen LogP) is 2.65. The van der Waals surface area contributed by atoms with E-state index in [-0.39, 0.29) is 5.54 Å². The first kappa shape index (κ1) is 9.53. The van der Waals surface area contributed by atoms with Crippen molar-refractivity contribution in [3.05, 3.63) is 23.3 Å². The minimum Gasteiger partial charge on any atom is -0.311 e. The zero-order chi connectivity index (χ0) is 9.19. The molecule has 1 nitrogen and oxygen atoms in total. The zero-order valence-corrected chi connectivity index (χ0v) is 8.57. The molecule has 0 unspecified atom stereocenters. The van der Waals surface area contributed by atoms with E-state index in [9.17, 15) is 0 Å². The Bertz CT molecular complexity index is 221. The van der Waals surface area contributed by atoms with Crippen molar-refractivity contribution in [2.24, 2.45) is 0 Å². The van der Waals surface area contributed by atoms with E-state index in [0.717, 1.165) is 0 Å². The van der Waals surface area contributed by atoms with E-state index in [1.807, 2.05) is 7.05 Å². The molecular formula is C11H19N. The van der Waals surface area contributed by atoms with Gasteiger partial charge in [-0.15, -0.1) is 0 Å². The molecule has 0 atom stereocenters. The van der Waals surface area contributed by atoms with E-state index in [1.54, 1.807) is 0 Å². The maximum atomic E-state index is 3.33. The molecule has 1 heteroatoms. The second-order valence-corrected chi connectivity index (χ2v) is 4.08. The van der Waals surface area contributed by atoms with E-state index in [2.05, 4.69) is 38.2 Å². The standard InChI is InChI=1S/C11H19N/c1-9-5-7-10(8-6-9)11(2,3)12-4/h5,7,12H,6,8H2,1-4H3. The van der Waals surface area contributed by atoms with E-state index >= 15 is 0 Å². The van der Waals surface area contributed by atoms with Gasteiger partial charge in [0.15, 0.2) is 0 Å². The van der Waals surface area contributed by atoms with Crippen LogP contribution < -0.4 is 5.32 Å². The van der Waals surface area contributed by atoms with Crippen LogP contribution in [0.25, 0.3) is 0 Å². The molecule has 1 N–H and O–H groups in total. The van der Waals surface area contributed by atoms with Crippen molar-refractivity contribution in [2.75, 3.05) is 7.05 Å². The lowest BCUT2D eigenvalue weighted by molar-refractivity contribution is 0.477. The van der Waals surface area contributed by atoms with Crippen LogP contribution in [-0.2, 0) is 0 Å². The minimum atomic E-state index is 0.164. The van der Waals surface area contributed by atoms with E-state index in [0.29, 0.717) is 0 Å². The Labute approximate surface area is 75.6 Å². The molecule has 0 aromatic carbocycles. The molecule has 1 aliphatic carbocycles. The molecule has 0 fully saturated rings. The summed E-state index contributed by atoms with van der Waals surface area (Å²) in [6, 6.07) is 0. The van der Waals surface area contributed by atoms with Crippen molar-refractivity contribution >= 4 is 0 Å². The second kappa shape index (κ2) is 3.44. The number of nitrogens with one attached hydrogen (secondary N) is 1. The molecule has 0 spiro atoms. The fourth-order valence-corrected chi connectivity index (χ4v) is 1.42. The summed E-state index contributed by atoms with van der Waals surface area (Å²) < 4.78 is 0. The minimum absolute atomic E-state index is 0.164. The van der Waals surface area contributed by atoms with Gasteiger partial charge in [0, 0.05) is 5.54 Å². The molecule has 68 valence electrons. The highest BCUT2D eigenvalue weighted by Crippen LogP contribution is 2.26. The number of likely N-dealkylation sites (N-methyl/N-ethyl adjacent to an activating group) is 1. The Hall–Kier alpha value is -0.560. The Morgan fingerprint density at radius 3 is 2.33 bits per heavy atom. The molecule has 0 aromatic heterocycles. The summed E-state index contributed by atoms with van der Waals surface area (Å²) in [4.78, 5) is 0. The monoisotopic (exact) mass is 165 g/mol. The van der Waals surface area contributed by atoms with Gasteiger partial charge in [0.2, 0.25) is 0 Å². The summed E-state index contributed by atoms with van der Waals surface area (Å²) in [5.74, 6) is 0. The molecule has 0 amide bonds. The van der Waals surface area contributed by atoms with Crippen LogP contribution >= 0.6 is 0 Å². The van der Waals surface area contributed by atoms with E-state index < -0.39 is 0 Å². The van der Waals surface area contributed by atoms with Gasteiger partial charge in [0.1, 0.15) is 0 Å². The predicted molar refractivity (Wildman–Crippen MR) is 54.2 cm³/mol. The quantitative estimate of drug-likeness (QED) is 0.663. The van der Waals surface area contributed by atoms with Gasteiger partial charge in [-0.3, -0.25) is 0 Å². The van der Waals surface area contributed by atoms with Crippen molar-refractivity contribution < 1.29 is 0 Å². The summed E-state index contributed by atoms with van der Waals surface area (Å²) >= 11 is 0. The molecule has 0 aliphatic heterocycles. The van der Waals surface area contributed by atoms with Gasteiger partial charge in [-0.1, -0.05) is 23.3 Å². The lowest BCUT2D eigenvalue weighted by atomic mass is 9.86. The smallest absolute Gasteiger partial charge is 0.0337 e. The molecule has 0 saturated carbocycles. The highest BCUT2D eigenvalue weighted by molar-refractivity contribution is 5.29. The van der Waals surface area contributed by atoms with Gasteiger partial charge >= 0.3 is 0 Å². The van der Waals surface area contributed by atoms with Gasteiger partial charge in [-0.25, -0.2) is 0 Å². The van der Waals surface area contributed by atoms with Crippen LogP contribution in [0.15, 0.2) is 23.3 Å². The number of hydrogen-bond donors (Lipinski definition) is 1. The van der Waals surface area contributed by atoms with Crippen LogP contribution in [0.3, 0.4) is 0 Å². The third kappa shape index (κ3) is 1.98. The number of rotatable bonds is 2. The highest BCUT2D eigenvalue weighted by atomic mass is 14.9. The molecule has 0 heterocycles. The fourth-order valence-electron chi connectivity index (χ4n) is 1.42. The average molecular weight is 165 g/mol. The molecule has 0 bridgehead atoms. The van der Waals surface area contributed by atoms with Crippen molar-refractivity contribution in [3.63, 3.8) is 0 Å². The summed E-state index contributed by atoms with van der Waals surface area (Å²) in [5, 5.41) is 3.33. The van der Waals surface area contributed by atoms with Crippen LogP contribution in [0.1, 0.15) is 33.6 Å². The third-order valence-corrected chi connectivity index (χ3v) is 2.79. The first-order valence-electron chi connectivity index (χ1n) is 4.62. The van der Waals surface area contributed by atoms with Crippen LogP contribution in [-0.4, -0.2) is 12.6 Å². The van der Waals surface area contributed by atoms with E-state index in [4.69, 9.17) is 0 Å². The zero-order valence-electron chi connectivity index (χ0n) is 8.57. The molecule has 0 saturated heterocycles. The maximum Gasteiger partial charge on any atom is 0.0337 e. The molecular weight excluding hydrogens is 146 g/mol. The summed E-state index contributed by atoms with van der Waals surface area (Å²) in [6.07, 6.45) is 6.92. The van der Waals surface area contributed by atoms with Gasteiger partial charge in [0.05, 0.1) is 0 Å². The summed E-state index contributed by atoms with van der Waals surface area (Å²) in [7, 11) is 2.02. The van der Waals surface area contributed by atoms with Crippen molar-refractivity contribution in [1.82, 2.24) is 5.32 Å². The van der Waals surface area contributed by atoms with Crippen LogP contribution in [0, 0.1) is 0 Å². The molecule has 12 heavy (non-hydrogen) atoms. The molecule has 0 radical (unpaired) electrons. The van der Waals surface area contributed by atoms with Crippen molar-refractivity contribution in [1.29, 1.82) is 0 Å². The Kier molecular flexibility index (Phi) is 2.73. The largest absolute Gasteiger partial charge is 0.311 e. The first-order valence-corrected chi connectivity index (χ1v) is 4.62. The summed E-state index contributed by atoms with van der Waals surface area (Å²) in [6.45, 7) is 6.65. The Balaban J connectivity index is 2.77. The van der Waals surface area contributed by atoms with Crippen LogP contribution in [0.2, 0.25) is 0 Å². The number of hydrogen-bond acceptors (Lipinski definition) is 1. The SMILES string of the molecule is CNC(C)(C)C1=CC=C(C)CC1. The lowest BCUT2D eigenvalue weighted by Gasteiger charge is -2.29. The van der Waals surface area contributed by atoms with Gasteiger partial charge in [-0.2, -0.15) is 0 Å². The van der Waals surface area contributed by atoms with Crippen molar-refractivity contribution in [3.8, 4) is 0 Å². The van der Waals surface area contributed by atoms with Crippen LogP contribution in [0.4, 0.5) is 0 Å². The Morgan fingerprint density at radius 1 is 1.25 bits per heavy atom. The van der Waals surface area contributed by atoms with Crippen LogP contribution in [0.5, 0.6) is 0 Å². The summed E-state index contributed by atoms with van der Waals surface area (Å²) in [5.41, 5.74) is 3.17. The average Bonchev–Trinajstić information content (AvgIpc) is 2.05. The topological polar surface area (TPSA) is 12.0 Å². The highest BCUT2D eigenvalue weighted by Gasteiger charge is 2.21. The van der Waals surface area contributed by atoms with E-state index in [1.165, 1.54) is 24.0 Å².